The lowest BCUT2D eigenvalue weighted by atomic mass is 9.87. The molecule has 0 spiro atoms. The Hall–Kier alpha value is -2.08. The standard InChI is InChI=1S/C21H26N4OS/c1-14-8-10-16(11-9-14)24(3)20(26)13-27-21-23-22-19-12-15(2)17-6-4-5-7-18(17)25(19)21/h4-7,12,14,16H,8-11,13H2,1-3H3. The molecule has 1 fully saturated rings. The van der Waals surface area contributed by atoms with Crippen LogP contribution in [0.1, 0.15) is 38.2 Å². The van der Waals surface area contributed by atoms with Crippen LogP contribution in [0.25, 0.3) is 16.6 Å². The molecule has 0 saturated heterocycles. The molecule has 0 aliphatic heterocycles. The van der Waals surface area contributed by atoms with Crippen molar-refractivity contribution in [2.75, 3.05) is 12.8 Å². The SMILES string of the molecule is Cc1cc2nnc(SCC(=O)N(C)C3CCC(C)CC3)n2c2ccccc12. The van der Waals surface area contributed by atoms with Gasteiger partial charge in [-0.3, -0.25) is 9.20 Å². The summed E-state index contributed by atoms with van der Waals surface area (Å²) in [6.07, 6.45) is 4.67. The van der Waals surface area contributed by atoms with Gasteiger partial charge in [-0.05, 0) is 56.2 Å². The van der Waals surface area contributed by atoms with E-state index in [-0.39, 0.29) is 5.91 Å². The molecule has 3 aromatic rings. The average molecular weight is 383 g/mol. The molecule has 0 N–H and O–H groups in total. The second-order valence-corrected chi connectivity index (χ2v) is 8.67. The third-order valence-corrected chi connectivity index (χ3v) is 6.74. The monoisotopic (exact) mass is 382 g/mol. The fraction of sp³-hybridized carbons (Fsp3) is 0.476. The number of fused-ring (bicyclic) bond motifs is 3. The predicted molar refractivity (Wildman–Crippen MR) is 110 cm³/mol. The third kappa shape index (κ3) is 3.55. The van der Waals surface area contributed by atoms with Gasteiger partial charge in [-0.2, -0.15) is 0 Å². The first-order valence-electron chi connectivity index (χ1n) is 9.66. The van der Waals surface area contributed by atoms with E-state index in [4.69, 9.17) is 0 Å². The number of para-hydroxylation sites is 1. The van der Waals surface area contributed by atoms with Crippen LogP contribution in [-0.4, -0.2) is 44.2 Å². The summed E-state index contributed by atoms with van der Waals surface area (Å²) in [7, 11) is 1.95. The number of carbonyl (C=O) groups is 1. The van der Waals surface area contributed by atoms with Gasteiger partial charge in [0.05, 0.1) is 11.3 Å². The van der Waals surface area contributed by atoms with Crippen molar-refractivity contribution in [1.29, 1.82) is 0 Å². The van der Waals surface area contributed by atoms with Crippen LogP contribution in [0.2, 0.25) is 0 Å². The van der Waals surface area contributed by atoms with Crippen LogP contribution in [0.3, 0.4) is 0 Å². The first kappa shape index (κ1) is 18.3. The number of nitrogens with zero attached hydrogens (tertiary/aromatic N) is 4. The Morgan fingerprint density at radius 1 is 1.22 bits per heavy atom. The molecule has 5 nitrogen and oxygen atoms in total. The Labute approximate surface area is 164 Å². The Kier molecular flexibility index (Phi) is 5.08. The molecule has 1 amide bonds. The van der Waals surface area contributed by atoms with Crippen LogP contribution >= 0.6 is 11.8 Å². The van der Waals surface area contributed by atoms with Gasteiger partial charge in [0.15, 0.2) is 10.8 Å². The molecule has 1 aromatic carbocycles. The van der Waals surface area contributed by atoms with E-state index in [0.29, 0.717) is 11.8 Å². The second-order valence-electron chi connectivity index (χ2n) is 7.73. The van der Waals surface area contributed by atoms with Crippen LogP contribution in [0.15, 0.2) is 35.5 Å². The highest BCUT2D eigenvalue weighted by Gasteiger charge is 2.25. The van der Waals surface area contributed by atoms with Crippen LogP contribution in [0, 0.1) is 12.8 Å². The topological polar surface area (TPSA) is 50.5 Å². The third-order valence-electron chi connectivity index (χ3n) is 5.83. The number of pyridine rings is 1. The van der Waals surface area contributed by atoms with E-state index in [2.05, 4.69) is 46.6 Å². The van der Waals surface area contributed by atoms with Crippen molar-refractivity contribution >= 4 is 34.2 Å². The lowest BCUT2D eigenvalue weighted by Gasteiger charge is -2.33. The molecule has 1 aliphatic rings. The zero-order valence-corrected chi connectivity index (χ0v) is 17.0. The maximum Gasteiger partial charge on any atom is 0.233 e. The minimum absolute atomic E-state index is 0.174. The fourth-order valence-electron chi connectivity index (χ4n) is 4.03. The van der Waals surface area contributed by atoms with Gasteiger partial charge in [0.25, 0.3) is 0 Å². The lowest BCUT2D eigenvalue weighted by Crippen LogP contribution is -2.40. The zero-order valence-electron chi connectivity index (χ0n) is 16.2. The highest BCUT2D eigenvalue weighted by atomic mass is 32.2. The molecule has 2 heterocycles. The van der Waals surface area contributed by atoms with E-state index in [1.807, 2.05) is 24.1 Å². The molecule has 6 heteroatoms. The summed E-state index contributed by atoms with van der Waals surface area (Å²) < 4.78 is 2.06. The first-order chi connectivity index (χ1) is 13.0. The Morgan fingerprint density at radius 3 is 2.74 bits per heavy atom. The summed E-state index contributed by atoms with van der Waals surface area (Å²) in [6.45, 7) is 4.39. The van der Waals surface area contributed by atoms with Gasteiger partial charge < -0.3 is 4.90 Å². The van der Waals surface area contributed by atoms with Gasteiger partial charge in [0.1, 0.15) is 0 Å². The maximum absolute atomic E-state index is 12.7. The number of rotatable bonds is 4. The molecule has 0 radical (unpaired) electrons. The molecule has 0 bridgehead atoms. The number of amides is 1. The smallest absolute Gasteiger partial charge is 0.233 e. The minimum Gasteiger partial charge on any atom is -0.342 e. The van der Waals surface area contributed by atoms with E-state index in [9.17, 15) is 4.79 Å². The molecular weight excluding hydrogens is 356 g/mol. The Bertz CT molecular complexity index is 975. The Balaban J connectivity index is 1.52. The maximum atomic E-state index is 12.7. The number of hydrogen-bond donors (Lipinski definition) is 0. The van der Waals surface area contributed by atoms with Crippen molar-refractivity contribution in [3.63, 3.8) is 0 Å². The van der Waals surface area contributed by atoms with Crippen molar-refractivity contribution in [1.82, 2.24) is 19.5 Å². The van der Waals surface area contributed by atoms with Crippen molar-refractivity contribution in [3.8, 4) is 0 Å². The van der Waals surface area contributed by atoms with Crippen molar-refractivity contribution in [3.05, 3.63) is 35.9 Å². The molecule has 1 saturated carbocycles. The van der Waals surface area contributed by atoms with Crippen LogP contribution in [0.5, 0.6) is 0 Å². The molecular formula is C21H26N4OS. The van der Waals surface area contributed by atoms with Crippen LogP contribution < -0.4 is 0 Å². The molecule has 4 rings (SSSR count). The van der Waals surface area contributed by atoms with Crippen LogP contribution in [0.4, 0.5) is 0 Å². The molecule has 0 unspecified atom stereocenters. The summed E-state index contributed by atoms with van der Waals surface area (Å²) in [5.74, 6) is 1.36. The quantitative estimate of drug-likeness (QED) is 0.631. The summed E-state index contributed by atoms with van der Waals surface area (Å²) >= 11 is 1.48. The minimum atomic E-state index is 0.174. The lowest BCUT2D eigenvalue weighted by molar-refractivity contribution is -0.129. The first-order valence-corrected chi connectivity index (χ1v) is 10.6. The van der Waals surface area contributed by atoms with Gasteiger partial charge in [0.2, 0.25) is 5.91 Å². The van der Waals surface area contributed by atoms with E-state index in [1.165, 1.54) is 35.6 Å². The van der Waals surface area contributed by atoms with Gasteiger partial charge >= 0.3 is 0 Å². The second kappa shape index (κ2) is 7.50. The van der Waals surface area contributed by atoms with Crippen LogP contribution in [-0.2, 0) is 4.79 Å². The molecule has 2 aromatic heterocycles. The number of aryl methyl sites for hydroxylation is 1. The highest BCUT2D eigenvalue weighted by molar-refractivity contribution is 7.99. The van der Waals surface area contributed by atoms with Gasteiger partial charge in [-0.15, -0.1) is 10.2 Å². The fourth-order valence-corrected chi connectivity index (χ4v) is 4.91. The number of benzene rings is 1. The highest BCUT2D eigenvalue weighted by Crippen LogP contribution is 2.28. The number of carbonyl (C=O) groups excluding carboxylic acids is 1. The predicted octanol–water partition coefficient (Wildman–Crippen LogP) is 4.32. The molecule has 27 heavy (non-hydrogen) atoms. The van der Waals surface area contributed by atoms with Gasteiger partial charge in [0, 0.05) is 18.5 Å². The average Bonchev–Trinajstić information content (AvgIpc) is 3.09. The largest absolute Gasteiger partial charge is 0.342 e. The number of hydrogen-bond acceptors (Lipinski definition) is 4. The van der Waals surface area contributed by atoms with Crippen molar-refractivity contribution < 1.29 is 4.79 Å². The summed E-state index contributed by atoms with van der Waals surface area (Å²) in [6, 6.07) is 10.7. The van der Waals surface area contributed by atoms with Crippen molar-refractivity contribution in [2.24, 2.45) is 5.92 Å². The number of thioether (sulfide) groups is 1. The normalized spacial score (nSPS) is 20.3. The summed E-state index contributed by atoms with van der Waals surface area (Å²) in [4.78, 5) is 14.7. The van der Waals surface area contributed by atoms with E-state index < -0.39 is 0 Å². The van der Waals surface area contributed by atoms with Gasteiger partial charge in [-0.25, -0.2) is 0 Å². The van der Waals surface area contributed by atoms with E-state index in [0.717, 1.165) is 35.1 Å². The molecule has 142 valence electrons. The zero-order chi connectivity index (χ0) is 19.0. The van der Waals surface area contributed by atoms with E-state index in [1.54, 1.807) is 0 Å². The Morgan fingerprint density at radius 2 is 1.96 bits per heavy atom. The summed E-state index contributed by atoms with van der Waals surface area (Å²) in [5, 5.41) is 10.6. The number of aromatic nitrogens is 3. The molecule has 1 aliphatic carbocycles. The van der Waals surface area contributed by atoms with Crippen molar-refractivity contribution in [2.45, 2.75) is 50.7 Å². The van der Waals surface area contributed by atoms with Gasteiger partial charge in [-0.1, -0.05) is 36.9 Å². The van der Waals surface area contributed by atoms with E-state index >= 15 is 0 Å². The molecule has 0 atom stereocenters. The summed E-state index contributed by atoms with van der Waals surface area (Å²) in [5.41, 5.74) is 3.10.